The van der Waals surface area contributed by atoms with Crippen molar-refractivity contribution < 1.29 is 4.74 Å². The molecule has 3 rings (SSSR count). The first-order chi connectivity index (χ1) is 10.3. The maximum Gasteiger partial charge on any atom is 0.257 e. The summed E-state index contributed by atoms with van der Waals surface area (Å²) in [5.41, 5.74) is 6.53. The van der Waals surface area contributed by atoms with Gasteiger partial charge in [0.2, 0.25) is 5.95 Å². The van der Waals surface area contributed by atoms with Crippen LogP contribution in [-0.2, 0) is 0 Å². The Morgan fingerprint density at radius 2 is 2.14 bits per heavy atom. The molecule has 0 atom stereocenters. The third kappa shape index (κ3) is 2.78. The van der Waals surface area contributed by atoms with Gasteiger partial charge in [0.25, 0.3) is 5.95 Å². The fourth-order valence-electron chi connectivity index (χ4n) is 1.82. The van der Waals surface area contributed by atoms with Crippen molar-refractivity contribution in [2.24, 2.45) is 0 Å². The molecule has 0 radical (unpaired) electrons. The molecule has 0 spiro atoms. The first-order valence-electron chi connectivity index (χ1n) is 6.36. The topological polar surface area (TPSA) is 105 Å². The number of nitrogen functional groups attached to an aromatic ring is 1. The SMILES string of the molecule is CCOc1cccc(-c2nc(N)nc(-n3cncn3)n2)c1. The molecule has 0 saturated carbocycles. The number of hydrogen-bond donors (Lipinski definition) is 1. The van der Waals surface area contributed by atoms with E-state index in [0.717, 1.165) is 11.3 Å². The molecular formula is C13H13N7O. The molecule has 0 unspecified atom stereocenters. The zero-order valence-electron chi connectivity index (χ0n) is 11.3. The van der Waals surface area contributed by atoms with Crippen molar-refractivity contribution in [3.63, 3.8) is 0 Å². The molecule has 106 valence electrons. The van der Waals surface area contributed by atoms with E-state index in [1.165, 1.54) is 17.3 Å². The molecular weight excluding hydrogens is 270 g/mol. The molecule has 0 amide bonds. The highest BCUT2D eigenvalue weighted by atomic mass is 16.5. The van der Waals surface area contributed by atoms with Crippen LogP contribution < -0.4 is 10.5 Å². The Bertz CT molecular complexity index is 742. The lowest BCUT2D eigenvalue weighted by molar-refractivity contribution is 0.340. The lowest BCUT2D eigenvalue weighted by atomic mass is 10.2. The predicted octanol–water partition coefficient (Wildman–Crippen LogP) is 1.10. The van der Waals surface area contributed by atoms with Crippen molar-refractivity contribution in [2.45, 2.75) is 6.92 Å². The van der Waals surface area contributed by atoms with Crippen LogP contribution in [0.1, 0.15) is 6.92 Å². The summed E-state index contributed by atoms with van der Waals surface area (Å²) in [6.07, 6.45) is 2.89. The van der Waals surface area contributed by atoms with Crippen LogP contribution in [0.25, 0.3) is 17.3 Å². The number of aromatic nitrogens is 6. The van der Waals surface area contributed by atoms with Gasteiger partial charge in [-0.15, -0.1) is 0 Å². The molecule has 0 saturated heterocycles. The van der Waals surface area contributed by atoms with Crippen LogP contribution in [0.2, 0.25) is 0 Å². The van der Waals surface area contributed by atoms with E-state index in [1.807, 2.05) is 31.2 Å². The molecule has 0 bridgehead atoms. The summed E-state index contributed by atoms with van der Waals surface area (Å²) in [6, 6.07) is 7.47. The van der Waals surface area contributed by atoms with Crippen LogP contribution >= 0.6 is 0 Å². The van der Waals surface area contributed by atoms with E-state index in [2.05, 4.69) is 25.0 Å². The molecule has 8 heteroatoms. The van der Waals surface area contributed by atoms with Gasteiger partial charge in [0.05, 0.1) is 6.61 Å². The van der Waals surface area contributed by atoms with Gasteiger partial charge < -0.3 is 10.5 Å². The Balaban J connectivity index is 2.04. The summed E-state index contributed by atoms with van der Waals surface area (Å²) in [5, 5.41) is 3.98. The second-order valence-electron chi connectivity index (χ2n) is 4.12. The Hall–Kier alpha value is -3.03. The van der Waals surface area contributed by atoms with Gasteiger partial charge >= 0.3 is 0 Å². The number of nitrogens with zero attached hydrogens (tertiary/aromatic N) is 6. The van der Waals surface area contributed by atoms with Gasteiger partial charge in [-0.1, -0.05) is 12.1 Å². The lowest BCUT2D eigenvalue weighted by Crippen LogP contribution is -2.08. The normalized spacial score (nSPS) is 10.5. The average Bonchev–Trinajstić information content (AvgIpc) is 3.01. The van der Waals surface area contributed by atoms with Crippen LogP contribution in [0.3, 0.4) is 0 Å². The monoisotopic (exact) mass is 283 g/mol. The third-order valence-electron chi connectivity index (χ3n) is 2.67. The summed E-state index contributed by atoms with van der Waals surface area (Å²) in [4.78, 5) is 16.4. The summed E-state index contributed by atoms with van der Waals surface area (Å²) in [7, 11) is 0. The van der Waals surface area contributed by atoms with Gasteiger partial charge in [0, 0.05) is 5.56 Å². The van der Waals surface area contributed by atoms with Gasteiger partial charge in [0.15, 0.2) is 5.82 Å². The summed E-state index contributed by atoms with van der Waals surface area (Å²) < 4.78 is 6.90. The van der Waals surface area contributed by atoms with E-state index in [1.54, 1.807) is 0 Å². The molecule has 0 aliphatic rings. The largest absolute Gasteiger partial charge is 0.494 e. The van der Waals surface area contributed by atoms with Gasteiger partial charge in [-0.2, -0.15) is 24.7 Å². The van der Waals surface area contributed by atoms with Crippen molar-refractivity contribution in [2.75, 3.05) is 12.3 Å². The van der Waals surface area contributed by atoms with E-state index < -0.39 is 0 Å². The molecule has 2 aromatic heterocycles. The summed E-state index contributed by atoms with van der Waals surface area (Å²) >= 11 is 0. The smallest absolute Gasteiger partial charge is 0.257 e. The minimum atomic E-state index is 0.118. The summed E-state index contributed by atoms with van der Waals surface area (Å²) in [6.45, 7) is 2.52. The molecule has 1 aromatic carbocycles. The van der Waals surface area contributed by atoms with Crippen LogP contribution in [0.5, 0.6) is 5.75 Å². The van der Waals surface area contributed by atoms with Crippen LogP contribution in [-0.4, -0.2) is 36.3 Å². The molecule has 2 heterocycles. The van der Waals surface area contributed by atoms with E-state index in [9.17, 15) is 0 Å². The maximum atomic E-state index is 5.74. The standard InChI is InChI=1S/C13H13N7O/c1-2-21-10-5-3-4-9(6-10)11-17-12(14)19-13(18-11)20-8-15-7-16-20/h3-8H,2H2,1H3,(H2,14,17,18,19). The zero-order valence-corrected chi connectivity index (χ0v) is 11.3. The molecule has 0 fully saturated rings. The number of nitrogens with two attached hydrogens (primary N) is 1. The van der Waals surface area contributed by atoms with Gasteiger partial charge in [-0.25, -0.2) is 4.98 Å². The minimum Gasteiger partial charge on any atom is -0.494 e. The van der Waals surface area contributed by atoms with E-state index in [4.69, 9.17) is 10.5 Å². The van der Waals surface area contributed by atoms with Crippen molar-refractivity contribution >= 4 is 5.95 Å². The van der Waals surface area contributed by atoms with Gasteiger partial charge in [0.1, 0.15) is 18.4 Å². The highest BCUT2D eigenvalue weighted by Gasteiger charge is 2.09. The molecule has 3 aromatic rings. The zero-order chi connectivity index (χ0) is 14.7. The Morgan fingerprint density at radius 1 is 1.24 bits per heavy atom. The average molecular weight is 283 g/mol. The lowest BCUT2D eigenvalue weighted by Gasteiger charge is -2.07. The van der Waals surface area contributed by atoms with Crippen LogP contribution in [0.4, 0.5) is 5.95 Å². The van der Waals surface area contributed by atoms with Crippen molar-refractivity contribution in [3.05, 3.63) is 36.9 Å². The Morgan fingerprint density at radius 3 is 2.90 bits per heavy atom. The van der Waals surface area contributed by atoms with Crippen LogP contribution in [0.15, 0.2) is 36.9 Å². The molecule has 0 aliphatic heterocycles. The number of ether oxygens (including phenoxy) is 1. The highest BCUT2D eigenvalue weighted by Crippen LogP contribution is 2.21. The van der Waals surface area contributed by atoms with E-state index in [0.29, 0.717) is 18.4 Å². The third-order valence-corrected chi connectivity index (χ3v) is 2.67. The first kappa shape index (κ1) is 13.0. The molecule has 21 heavy (non-hydrogen) atoms. The molecule has 0 aliphatic carbocycles. The maximum absolute atomic E-state index is 5.74. The van der Waals surface area contributed by atoms with Crippen molar-refractivity contribution in [1.29, 1.82) is 0 Å². The minimum absolute atomic E-state index is 0.118. The van der Waals surface area contributed by atoms with Gasteiger partial charge in [-0.3, -0.25) is 0 Å². The van der Waals surface area contributed by atoms with Gasteiger partial charge in [-0.05, 0) is 19.1 Å². The van der Waals surface area contributed by atoms with Crippen molar-refractivity contribution in [3.8, 4) is 23.1 Å². The number of anilines is 1. The Kier molecular flexibility index (Phi) is 3.42. The molecule has 2 N–H and O–H groups in total. The summed E-state index contributed by atoms with van der Waals surface area (Å²) in [5.74, 6) is 1.63. The Labute approximate surface area is 120 Å². The molecule has 8 nitrogen and oxygen atoms in total. The number of benzene rings is 1. The first-order valence-corrected chi connectivity index (χ1v) is 6.36. The van der Waals surface area contributed by atoms with E-state index in [-0.39, 0.29) is 5.95 Å². The second kappa shape index (κ2) is 5.53. The highest BCUT2D eigenvalue weighted by molar-refractivity contribution is 5.58. The fourth-order valence-corrected chi connectivity index (χ4v) is 1.82. The number of hydrogen-bond acceptors (Lipinski definition) is 7. The quantitative estimate of drug-likeness (QED) is 0.764. The predicted molar refractivity (Wildman–Crippen MR) is 75.8 cm³/mol. The fraction of sp³-hybridized carbons (Fsp3) is 0.154. The van der Waals surface area contributed by atoms with E-state index >= 15 is 0 Å². The van der Waals surface area contributed by atoms with Crippen LogP contribution in [0, 0.1) is 0 Å². The van der Waals surface area contributed by atoms with Crippen molar-refractivity contribution in [1.82, 2.24) is 29.7 Å². The number of rotatable bonds is 4. The second-order valence-corrected chi connectivity index (χ2v) is 4.12.